The molecule has 6 heteroatoms. The zero-order valence-corrected chi connectivity index (χ0v) is 5.21. The average Bonchev–Trinajstić information content (AvgIpc) is 1.65. The zero-order chi connectivity index (χ0) is 7.86. The molecule has 0 spiro atoms. The lowest BCUT2D eigenvalue weighted by Crippen LogP contribution is -1.78. The summed E-state index contributed by atoms with van der Waals surface area (Å²) in [4.78, 5) is 9.14. The Balaban J connectivity index is 0. The van der Waals surface area contributed by atoms with Crippen LogP contribution in [0.5, 0.6) is 0 Å². The van der Waals surface area contributed by atoms with Gasteiger partial charge in [-0.15, -0.1) is 0 Å². The van der Waals surface area contributed by atoms with Gasteiger partial charge in [0.2, 0.25) is 0 Å². The zero-order valence-electron chi connectivity index (χ0n) is 4.31. The molecule has 0 atom stereocenters. The molecule has 1 N–H and O–H groups in total. The molecule has 9 heavy (non-hydrogen) atoms. The van der Waals surface area contributed by atoms with E-state index in [1.807, 2.05) is 0 Å². The monoisotopic (exact) mass is 153 g/mol. The minimum absolute atomic E-state index is 0.722. The molecular weight excluding hydrogens is 148 g/mol. The normalized spacial score (nSPS) is 7.33. The third kappa shape index (κ3) is 149. The van der Waals surface area contributed by atoms with Crippen molar-refractivity contribution < 1.29 is 22.9 Å². The van der Waals surface area contributed by atoms with Crippen LogP contribution in [0.25, 0.3) is 0 Å². The minimum atomic E-state index is -3.12. The second-order valence-electron chi connectivity index (χ2n) is 0.761. The summed E-state index contributed by atoms with van der Waals surface area (Å²) in [5.41, 5.74) is 0. The third-order valence-electron chi connectivity index (χ3n) is 0.167. The van der Waals surface area contributed by atoms with Gasteiger partial charge in [-0.1, -0.05) is 6.58 Å². The summed E-state index contributed by atoms with van der Waals surface area (Å²) in [5.74, 6) is -1.23. The van der Waals surface area contributed by atoms with Crippen molar-refractivity contribution in [1.29, 1.82) is 0 Å². The summed E-state index contributed by atoms with van der Waals surface area (Å²) in [6.07, 6.45) is 0.722. The lowest BCUT2D eigenvalue weighted by molar-refractivity contribution is -0.137. The fourth-order valence-corrected chi connectivity index (χ4v) is 0. The van der Waals surface area contributed by atoms with Crippen LogP contribution in [0.15, 0.2) is 12.7 Å². The Morgan fingerprint density at radius 3 is 1.67 bits per heavy atom. The maximum Gasteiger partial charge on any atom is 0.378 e. The van der Waals surface area contributed by atoms with Crippen molar-refractivity contribution in [2.75, 3.05) is 0 Å². The van der Waals surface area contributed by atoms with E-state index in [0.717, 1.165) is 6.08 Å². The molecule has 1 radical (unpaired) electrons. The SMILES string of the molecule is C=CC([O])=O.O=[SH](=O)O. The number of carbonyl (C=O) groups is 1. The van der Waals surface area contributed by atoms with Gasteiger partial charge in [-0.25, -0.2) is 18.3 Å². The first-order valence-electron chi connectivity index (χ1n) is 1.67. The first-order valence-corrected chi connectivity index (χ1v) is 2.80. The topological polar surface area (TPSA) is 91.3 Å². The van der Waals surface area contributed by atoms with Crippen LogP contribution in [0.4, 0.5) is 0 Å². The van der Waals surface area contributed by atoms with Crippen LogP contribution in [-0.2, 0) is 20.9 Å². The Morgan fingerprint density at radius 1 is 1.56 bits per heavy atom. The molecule has 0 saturated heterocycles. The fraction of sp³-hybridized carbons (Fsp3) is 0. The predicted molar refractivity (Wildman–Crippen MR) is 28.8 cm³/mol. The van der Waals surface area contributed by atoms with Crippen molar-refractivity contribution in [3.05, 3.63) is 12.7 Å². The Bertz CT molecular complexity index is 150. The van der Waals surface area contributed by atoms with E-state index in [9.17, 15) is 0 Å². The highest BCUT2D eigenvalue weighted by molar-refractivity contribution is 7.66. The van der Waals surface area contributed by atoms with Crippen molar-refractivity contribution in [3.8, 4) is 0 Å². The van der Waals surface area contributed by atoms with E-state index in [2.05, 4.69) is 6.58 Å². The molecule has 0 heterocycles. The summed E-state index contributed by atoms with van der Waals surface area (Å²) in [7, 11) is -3.12. The highest BCUT2D eigenvalue weighted by Crippen LogP contribution is 1.56. The van der Waals surface area contributed by atoms with Gasteiger partial charge in [0.1, 0.15) is 0 Å². The number of hydrogen-bond donors (Lipinski definition) is 2. The summed E-state index contributed by atoms with van der Waals surface area (Å²) < 4.78 is 24.2. The van der Waals surface area contributed by atoms with Crippen LogP contribution in [0, 0.1) is 0 Å². The second kappa shape index (κ2) is 7.12. The van der Waals surface area contributed by atoms with Gasteiger partial charge >= 0.3 is 5.97 Å². The van der Waals surface area contributed by atoms with Crippen LogP contribution in [-0.4, -0.2) is 18.9 Å². The number of hydrogen-bond acceptors (Lipinski definition) is 3. The van der Waals surface area contributed by atoms with Crippen LogP contribution in [0.2, 0.25) is 0 Å². The summed E-state index contributed by atoms with van der Waals surface area (Å²) in [6, 6.07) is 0. The molecular formula is C3H5O5S. The van der Waals surface area contributed by atoms with Crippen molar-refractivity contribution in [3.63, 3.8) is 0 Å². The van der Waals surface area contributed by atoms with E-state index >= 15 is 0 Å². The third-order valence-corrected chi connectivity index (χ3v) is 0.167. The molecule has 0 aromatic rings. The van der Waals surface area contributed by atoms with Crippen LogP contribution in [0.1, 0.15) is 0 Å². The molecule has 0 aliphatic heterocycles. The molecule has 0 saturated carbocycles. The Kier molecular flexibility index (Phi) is 8.69. The van der Waals surface area contributed by atoms with Crippen molar-refractivity contribution >= 4 is 17.0 Å². The van der Waals surface area contributed by atoms with Crippen LogP contribution >= 0.6 is 0 Å². The predicted octanol–water partition coefficient (Wildman–Crippen LogP) is -0.800. The smallest absolute Gasteiger partial charge is 0.288 e. The molecule has 0 aromatic carbocycles. The van der Waals surface area contributed by atoms with E-state index in [1.165, 1.54) is 0 Å². The minimum Gasteiger partial charge on any atom is -0.288 e. The molecule has 0 unspecified atom stereocenters. The molecule has 0 aliphatic rings. The van der Waals surface area contributed by atoms with E-state index < -0.39 is 17.0 Å². The molecule has 0 aromatic heterocycles. The first-order chi connectivity index (χ1) is 4.00. The summed E-state index contributed by atoms with van der Waals surface area (Å²) in [5, 5.41) is 9.14. The van der Waals surface area contributed by atoms with Gasteiger partial charge in [0.05, 0.1) is 0 Å². The number of rotatable bonds is 1. The molecule has 0 fully saturated rings. The van der Waals surface area contributed by atoms with Crippen LogP contribution in [0.3, 0.4) is 0 Å². The Morgan fingerprint density at radius 2 is 1.67 bits per heavy atom. The highest BCUT2D eigenvalue weighted by atomic mass is 32.2. The fourth-order valence-electron chi connectivity index (χ4n) is 0. The summed E-state index contributed by atoms with van der Waals surface area (Å²) >= 11 is 0. The van der Waals surface area contributed by atoms with Crippen molar-refractivity contribution in [1.82, 2.24) is 0 Å². The summed E-state index contributed by atoms with van der Waals surface area (Å²) in [6.45, 7) is 2.90. The molecule has 0 rings (SSSR count). The lowest BCUT2D eigenvalue weighted by Gasteiger charge is -1.56. The van der Waals surface area contributed by atoms with E-state index in [1.54, 1.807) is 0 Å². The molecule has 0 aliphatic carbocycles. The quantitative estimate of drug-likeness (QED) is 0.293. The second-order valence-corrected chi connectivity index (χ2v) is 1.24. The van der Waals surface area contributed by atoms with Gasteiger partial charge < -0.3 is 0 Å². The molecule has 5 nitrogen and oxygen atoms in total. The Labute approximate surface area is 53.4 Å². The molecule has 0 amide bonds. The molecule has 0 bridgehead atoms. The van der Waals surface area contributed by atoms with Gasteiger partial charge in [-0.3, -0.25) is 4.55 Å². The van der Waals surface area contributed by atoms with E-state index in [4.69, 9.17) is 22.9 Å². The van der Waals surface area contributed by atoms with Gasteiger partial charge in [-0.2, -0.15) is 0 Å². The highest BCUT2D eigenvalue weighted by Gasteiger charge is 1.79. The average molecular weight is 153 g/mol. The first kappa shape index (κ1) is 11.0. The van der Waals surface area contributed by atoms with Gasteiger partial charge in [-0.05, 0) is 0 Å². The van der Waals surface area contributed by atoms with Gasteiger partial charge in [0, 0.05) is 6.08 Å². The van der Waals surface area contributed by atoms with Gasteiger partial charge in [0.15, 0.2) is 0 Å². The maximum absolute atomic E-state index is 9.14. The van der Waals surface area contributed by atoms with Gasteiger partial charge in [0.25, 0.3) is 11.0 Å². The largest absolute Gasteiger partial charge is 0.378 e. The van der Waals surface area contributed by atoms with E-state index in [-0.39, 0.29) is 0 Å². The van der Waals surface area contributed by atoms with E-state index in [0.29, 0.717) is 0 Å². The number of thiol groups is 1. The van der Waals surface area contributed by atoms with Crippen LogP contribution < -0.4 is 0 Å². The standard InChI is InChI=1S/C3H3O2.H2O3S/c1-2-3(4)5;1-4(2)3/h2H,1H2;4H,(H,1,2,3). The van der Waals surface area contributed by atoms with Crippen molar-refractivity contribution in [2.24, 2.45) is 0 Å². The van der Waals surface area contributed by atoms with Crippen molar-refractivity contribution in [2.45, 2.75) is 0 Å². The number of carbonyl (C=O) groups excluding carboxylic acids is 1. The maximum atomic E-state index is 9.14. The Hall–Kier alpha value is -0.880. The molecule has 53 valence electrons. The lowest BCUT2D eigenvalue weighted by atomic mass is 10.7.